The molecule has 0 unspecified atom stereocenters. The normalized spacial score (nSPS) is 10.4. The summed E-state index contributed by atoms with van der Waals surface area (Å²) in [5.74, 6) is -0.408. The van der Waals surface area contributed by atoms with Crippen LogP contribution < -0.4 is 16.0 Å². The number of hydrogen-bond donors (Lipinski definition) is 2. The minimum atomic E-state index is -0.535. The Kier molecular flexibility index (Phi) is 3.59. The summed E-state index contributed by atoms with van der Waals surface area (Å²) < 4.78 is 18.8. The quantitative estimate of drug-likeness (QED) is 0.890. The van der Waals surface area contributed by atoms with E-state index in [0.717, 1.165) is 6.33 Å². The molecule has 0 aliphatic carbocycles. The summed E-state index contributed by atoms with van der Waals surface area (Å²) in [6, 6.07) is 4.25. The smallest absolute Gasteiger partial charge is 0.273 e. The number of benzene rings is 1. The minimum absolute atomic E-state index is 0.0389. The summed E-state index contributed by atoms with van der Waals surface area (Å²) in [6.45, 7) is -0.0389. The third kappa shape index (κ3) is 2.34. The van der Waals surface area contributed by atoms with Crippen LogP contribution >= 0.6 is 11.6 Å². The Morgan fingerprint density at radius 2 is 2.28 bits per heavy atom. The van der Waals surface area contributed by atoms with Crippen LogP contribution in [0.4, 0.5) is 4.39 Å². The summed E-state index contributed by atoms with van der Waals surface area (Å²) in [5.41, 5.74) is 5.09. The van der Waals surface area contributed by atoms with Gasteiger partial charge >= 0.3 is 0 Å². The van der Waals surface area contributed by atoms with Crippen molar-refractivity contribution in [3.63, 3.8) is 0 Å². The van der Waals surface area contributed by atoms with E-state index in [9.17, 15) is 9.18 Å². The average Bonchev–Trinajstić information content (AvgIpc) is 2.35. The Balaban J connectivity index is 2.43. The van der Waals surface area contributed by atoms with Crippen molar-refractivity contribution in [1.29, 1.82) is 0 Å². The lowest BCUT2D eigenvalue weighted by Crippen LogP contribution is -2.09. The first kappa shape index (κ1) is 12.5. The highest BCUT2D eigenvalue weighted by atomic mass is 35.5. The molecule has 5 nitrogen and oxygen atoms in total. The number of aromatic nitrogens is 2. The third-order valence-electron chi connectivity index (χ3n) is 2.25. The van der Waals surface area contributed by atoms with Gasteiger partial charge in [-0.3, -0.25) is 4.79 Å². The van der Waals surface area contributed by atoms with Crippen molar-refractivity contribution in [3.8, 4) is 11.6 Å². The van der Waals surface area contributed by atoms with E-state index in [1.54, 1.807) is 0 Å². The molecule has 0 aliphatic rings. The molecule has 0 spiro atoms. The zero-order valence-corrected chi connectivity index (χ0v) is 9.87. The molecular weight excluding hydrogens is 261 g/mol. The van der Waals surface area contributed by atoms with E-state index in [2.05, 4.69) is 9.97 Å². The van der Waals surface area contributed by atoms with Gasteiger partial charge in [0.2, 0.25) is 5.88 Å². The Labute approximate surface area is 106 Å². The molecule has 7 heteroatoms. The topological polar surface area (TPSA) is 81.0 Å². The SMILES string of the molecule is NCc1c(F)cccc1Oc1nc[nH]c(=O)c1Cl. The van der Waals surface area contributed by atoms with Crippen LogP contribution in [0.15, 0.2) is 29.3 Å². The maximum absolute atomic E-state index is 13.5. The van der Waals surface area contributed by atoms with Crippen LogP contribution in [0.25, 0.3) is 0 Å². The number of aromatic amines is 1. The van der Waals surface area contributed by atoms with Crippen molar-refractivity contribution in [1.82, 2.24) is 9.97 Å². The maximum Gasteiger partial charge on any atom is 0.273 e. The molecule has 18 heavy (non-hydrogen) atoms. The van der Waals surface area contributed by atoms with Crippen LogP contribution in [-0.2, 0) is 6.54 Å². The number of ether oxygens (including phenoxy) is 1. The molecule has 0 saturated heterocycles. The minimum Gasteiger partial charge on any atom is -0.437 e. The van der Waals surface area contributed by atoms with E-state index in [1.807, 2.05) is 0 Å². The standard InChI is InChI=1S/C11H9ClFN3O2/c12-9-10(17)15-5-16-11(9)18-8-3-1-2-7(13)6(8)4-14/h1-3,5H,4,14H2,(H,15,16,17). The maximum atomic E-state index is 13.5. The number of rotatable bonds is 3. The molecule has 0 radical (unpaired) electrons. The molecule has 2 rings (SSSR count). The number of halogens is 2. The lowest BCUT2D eigenvalue weighted by Gasteiger charge is -2.10. The lowest BCUT2D eigenvalue weighted by atomic mass is 10.2. The molecule has 3 N–H and O–H groups in total. The van der Waals surface area contributed by atoms with Gasteiger partial charge < -0.3 is 15.5 Å². The van der Waals surface area contributed by atoms with Gasteiger partial charge in [-0.25, -0.2) is 9.37 Å². The fraction of sp³-hybridized carbons (Fsp3) is 0.0909. The predicted molar refractivity (Wildman–Crippen MR) is 64.2 cm³/mol. The Morgan fingerprint density at radius 1 is 1.50 bits per heavy atom. The largest absolute Gasteiger partial charge is 0.437 e. The number of nitrogens with zero attached hydrogens (tertiary/aromatic N) is 1. The van der Waals surface area contributed by atoms with E-state index in [0.29, 0.717) is 0 Å². The summed E-state index contributed by atoms with van der Waals surface area (Å²) in [6.07, 6.45) is 1.14. The van der Waals surface area contributed by atoms with Gasteiger partial charge in [0.15, 0.2) is 5.02 Å². The van der Waals surface area contributed by atoms with Crippen molar-refractivity contribution >= 4 is 11.6 Å². The zero-order chi connectivity index (χ0) is 13.1. The summed E-state index contributed by atoms with van der Waals surface area (Å²) in [7, 11) is 0. The van der Waals surface area contributed by atoms with Crippen LogP contribution in [0.3, 0.4) is 0 Å². The van der Waals surface area contributed by atoms with E-state index in [1.165, 1.54) is 18.2 Å². The van der Waals surface area contributed by atoms with E-state index >= 15 is 0 Å². The highest BCUT2D eigenvalue weighted by Gasteiger charge is 2.13. The first-order chi connectivity index (χ1) is 8.63. The number of nitrogens with two attached hydrogens (primary N) is 1. The van der Waals surface area contributed by atoms with Gasteiger partial charge in [-0.15, -0.1) is 0 Å². The molecule has 0 saturated carbocycles. The molecule has 2 aromatic rings. The summed E-state index contributed by atoms with van der Waals surface area (Å²) >= 11 is 5.72. The molecule has 1 aromatic carbocycles. The van der Waals surface area contributed by atoms with Gasteiger partial charge in [0.1, 0.15) is 11.6 Å². The van der Waals surface area contributed by atoms with Gasteiger partial charge in [0.25, 0.3) is 5.56 Å². The van der Waals surface area contributed by atoms with Crippen LogP contribution in [0.1, 0.15) is 5.56 Å². The second-order valence-electron chi connectivity index (χ2n) is 3.37. The molecule has 0 amide bonds. The third-order valence-corrected chi connectivity index (χ3v) is 2.58. The number of hydrogen-bond acceptors (Lipinski definition) is 4. The van der Waals surface area contributed by atoms with Gasteiger partial charge in [-0.2, -0.15) is 0 Å². The fourth-order valence-corrected chi connectivity index (χ4v) is 1.52. The zero-order valence-electron chi connectivity index (χ0n) is 9.11. The van der Waals surface area contributed by atoms with Crippen LogP contribution in [0.5, 0.6) is 11.6 Å². The van der Waals surface area contributed by atoms with Crippen molar-refractivity contribution in [2.45, 2.75) is 6.54 Å². The Morgan fingerprint density at radius 3 is 3.00 bits per heavy atom. The van der Waals surface area contributed by atoms with Gasteiger partial charge in [-0.05, 0) is 12.1 Å². The van der Waals surface area contributed by atoms with Gasteiger partial charge in [-0.1, -0.05) is 17.7 Å². The molecule has 94 valence electrons. The second-order valence-corrected chi connectivity index (χ2v) is 3.75. The molecule has 0 fully saturated rings. The molecule has 1 aromatic heterocycles. The fourth-order valence-electron chi connectivity index (χ4n) is 1.37. The van der Waals surface area contributed by atoms with Crippen molar-refractivity contribution in [2.75, 3.05) is 0 Å². The summed E-state index contributed by atoms with van der Waals surface area (Å²) in [4.78, 5) is 17.3. The first-order valence-electron chi connectivity index (χ1n) is 5.02. The van der Waals surface area contributed by atoms with E-state index in [-0.39, 0.29) is 28.8 Å². The van der Waals surface area contributed by atoms with Crippen LogP contribution in [0, 0.1) is 5.82 Å². The predicted octanol–water partition coefficient (Wildman–Crippen LogP) is 1.81. The van der Waals surface area contributed by atoms with Crippen molar-refractivity contribution in [3.05, 3.63) is 51.3 Å². The number of nitrogens with one attached hydrogen (secondary N) is 1. The van der Waals surface area contributed by atoms with Crippen molar-refractivity contribution < 1.29 is 9.13 Å². The number of H-pyrrole nitrogens is 1. The lowest BCUT2D eigenvalue weighted by molar-refractivity contribution is 0.448. The van der Waals surface area contributed by atoms with Crippen LogP contribution in [-0.4, -0.2) is 9.97 Å². The highest BCUT2D eigenvalue weighted by molar-refractivity contribution is 6.31. The Bertz CT molecular complexity index is 630. The molecule has 0 atom stereocenters. The molecule has 1 heterocycles. The van der Waals surface area contributed by atoms with Crippen LogP contribution in [0.2, 0.25) is 5.02 Å². The first-order valence-corrected chi connectivity index (χ1v) is 5.39. The molecular formula is C11H9ClFN3O2. The molecule has 0 aliphatic heterocycles. The van der Waals surface area contributed by atoms with Gasteiger partial charge in [0.05, 0.1) is 6.33 Å². The summed E-state index contributed by atoms with van der Waals surface area (Å²) in [5, 5.41) is -0.204. The second kappa shape index (κ2) is 5.16. The van der Waals surface area contributed by atoms with Crippen molar-refractivity contribution in [2.24, 2.45) is 5.73 Å². The molecule has 0 bridgehead atoms. The van der Waals surface area contributed by atoms with E-state index in [4.69, 9.17) is 22.1 Å². The Hall–Kier alpha value is -1.92. The van der Waals surface area contributed by atoms with E-state index < -0.39 is 11.4 Å². The average molecular weight is 270 g/mol. The monoisotopic (exact) mass is 269 g/mol. The highest BCUT2D eigenvalue weighted by Crippen LogP contribution is 2.28. The van der Waals surface area contributed by atoms with Gasteiger partial charge in [0, 0.05) is 12.1 Å².